The first-order chi connectivity index (χ1) is 15.7. The van der Waals surface area contributed by atoms with Gasteiger partial charge in [0.25, 0.3) is 5.82 Å². The average molecular weight is 472 g/mol. The van der Waals surface area contributed by atoms with Crippen molar-refractivity contribution in [3.8, 4) is 11.1 Å². The molecule has 8 nitrogen and oxygen atoms in total. The molecule has 1 saturated heterocycles. The van der Waals surface area contributed by atoms with E-state index in [2.05, 4.69) is 24.8 Å². The molecule has 1 aliphatic heterocycles. The lowest BCUT2D eigenvalue weighted by Crippen LogP contribution is -2.62. The number of carbonyl (C=O) groups is 1. The highest BCUT2D eigenvalue weighted by atomic mass is 32.2. The van der Waals surface area contributed by atoms with Crippen LogP contribution in [-0.4, -0.2) is 48.7 Å². The lowest BCUT2D eigenvalue weighted by Gasteiger charge is -2.47. The van der Waals surface area contributed by atoms with Gasteiger partial charge in [-0.2, -0.15) is 0 Å². The van der Waals surface area contributed by atoms with E-state index in [9.17, 15) is 17.6 Å². The van der Waals surface area contributed by atoms with Crippen molar-refractivity contribution in [3.05, 3.63) is 53.3 Å². The number of rotatable bonds is 6. The van der Waals surface area contributed by atoms with Crippen LogP contribution in [0.15, 0.2) is 30.5 Å². The number of amides is 2. The minimum absolute atomic E-state index is 0.127. The zero-order valence-corrected chi connectivity index (χ0v) is 19.3. The minimum Gasteiger partial charge on any atom is -0.361 e. The summed E-state index contributed by atoms with van der Waals surface area (Å²) in [6.45, 7) is 11.7. The highest BCUT2D eigenvalue weighted by Crippen LogP contribution is 2.37. The van der Waals surface area contributed by atoms with Gasteiger partial charge in [0.05, 0.1) is 5.69 Å². The number of benzene rings is 1. The van der Waals surface area contributed by atoms with Crippen molar-refractivity contribution in [2.75, 3.05) is 18.4 Å². The molecule has 4 rings (SSSR count). The van der Waals surface area contributed by atoms with Gasteiger partial charge in [-0.3, -0.25) is 4.90 Å². The van der Waals surface area contributed by atoms with Crippen LogP contribution in [0.25, 0.3) is 16.0 Å². The molecule has 1 aromatic carbocycles. The third-order valence-electron chi connectivity index (χ3n) is 6.31. The maximum absolute atomic E-state index is 14.4. The second-order valence-corrected chi connectivity index (χ2v) is 10.8. The van der Waals surface area contributed by atoms with E-state index in [1.165, 1.54) is 30.8 Å². The van der Waals surface area contributed by atoms with Crippen molar-refractivity contribution in [2.45, 2.75) is 50.3 Å². The molecular weight excluding hydrogens is 445 g/mol. The summed E-state index contributed by atoms with van der Waals surface area (Å²) in [5.74, 6) is -0.531. The molecule has 2 fully saturated rings. The summed E-state index contributed by atoms with van der Waals surface area (Å²) in [4.78, 5) is 22.1. The minimum atomic E-state index is -3.85. The number of halogens is 1. The molecule has 2 aliphatic rings. The Balaban J connectivity index is 1.57. The molecule has 0 radical (unpaired) electrons. The van der Waals surface area contributed by atoms with Crippen LogP contribution >= 0.6 is 0 Å². The molecule has 1 aliphatic carbocycles. The van der Waals surface area contributed by atoms with Crippen molar-refractivity contribution in [2.24, 2.45) is 0 Å². The molecule has 10 heteroatoms. The summed E-state index contributed by atoms with van der Waals surface area (Å²) in [5, 5.41) is 2.00. The number of pyridine rings is 1. The van der Waals surface area contributed by atoms with Gasteiger partial charge in [0, 0.05) is 24.7 Å². The third kappa shape index (κ3) is 4.84. The molecule has 1 saturated carbocycles. The predicted molar refractivity (Wildman–Crippen MR) is 124 cm³/mol. The molecule has 1 aromatic heterocycles. The highest BCUT2D eigenvalue weighted by molar-refractivity contribution is 7.90. The molecule has 0 unspecified atom stereocenters. The smallest absolute Gasteiger partial charge is 0.332 e. The van der Waals surface area contributed by atoms with Crippen molar-refractivity contribution >= 4 is 27.6 Å². The molecule has 0 bridgehead atoms. The maximum Gasteiger partial charge on any atom is 0.332 e. The standard InChI is InChI=1S/C23H26FN5O3S/c1-14(2)19-10-16(24)11-20(15-7-8-26-21(9-15)25-3)22(19)27-23(30)28-33(31,32)18-12-29(13-18)17-5-4-6-17/h7-11,14,17-18H,4-6,12-13H2,1-2H3,(H2,27,28,30). The zero-order valence-electron chi connectivity index (χ0n) is 18.5. The quantitative estimate of drug-likeness (QED) is 0.614. The molecule has 2 heterocycles. The summed E-state index contributed by atoms with van der Waals surface area (Å²) in [6.07, 6.45) is 4.79. The topological polar surface area (TPSA) is 95.8 Å². The van der Waals surface area contributed by atoms with Gasteiger partial charge in [-0.05, 0) is 54.2 Å². The second kappa shape index (κ2) is 9.08. The van der Waals surface area contributed by atoms with E-state index >= 15 is 0 Å². The number of aromatic nitrogens is 1. The van der Waals surface area contributed by atoms with E-state index < -0.39 is 27.1 Å². The van der Waals surface area contributed by atoms with Crippen molar-refractivity contribution in [1.29, 1.82) is 0 Å². The molecule has 174 valence electrons. The summed E-state index contributed by atoms with van der Waals surface area (Å²) in [5.41, 5.74) is 1.65. The maximum atomic E-state index is 14.4. The second-order valence-electron chi connectivity index (χ2n) is 8.85. The summed E-state index contributed by atoms with van der Waals surface area (Å²) in [6, 6.07) is 5.23. The number of hydrogen-bond donors (Lipinski definition) is 2. The third-order valence-corrected chi connectivity index (χ3v) is 7.95. The molecular formula is C23H26FN5O3S. The van der Waals surface area contributed by atoms with Crippen LogP contribution in [0, 0.1) is 12.4 Å². The number of sulfonamides is 1. The van der Waals surface area contributed by atoms with Crippen LogP contribution in [0.2, 0.25) is 0 Å². The van der Waals surface area contributed by atoms with Crippen molar-refractivity contribution < 1.29 is 17.6 Å². The molecule has 2 amide bonds. The van der Waals surface area contributed by atoms with Gasteiger partial charge in [-0.1, -0.05) is 26.8 Å². The molecule has 33 heavy (non-hydrogen) atoms. The van der Waals surface area contributed by atoms with E-state index in [1.807, 2.05) is 13.8 Å². The van der Waals surface area contributed by atoms with Gasteiger partial charge in [-0.25, -0.2) is 22.3 Å². The van der Waals surface area contributed by atoms with Crippen LogP contribution in [0.3, 0.4) is 0 Å². The Hall–Kier alpha value is -3.03. The van der Waals surface area contributed by atoms with Crippen LogP contribution < -0.4 is 10.0 Å². The predicted octanol–water partition coefficient (Wildman–Crippen LogP) is 4.25. The van der Waals surface area contributed by atoms with Crippen LogP contribution in [0.4, 0.5) is 20.7 Å². The number of hydrogen-bond acceptors (Lipinski definition) is 5. The summed E-state index contributed by atoms with van der Waals surface area (Å²) in [7, 11) is -3.85. The van der Waals surface area contributed by atoms with Crippen molar-refractivity contribution in [3.63, 3.8) is 0 Å². The Kier molecular flexibility index (Phi) is 6.36. The van der Waals surface area contributed by atoms with Crippen molar-refractivity contribution in [1.82, 2.24) is 14.6 Å². The van der Waals surface area contributed by atoms with Crippen LogP contribution in [-0.2, 0) is 10.0 Å². The Morgan fingerprint density at radius 1 is 1.27 bits per heavy atom. The van der Waals surface area contributed by atoms with E-state index in [0.29, 0.717) is 41.5 Å². The summed E-state index contributed by atoms with van der Waals surface area (Å²) >= 11 is 0. The van der Waals surface area contributed by atoms with Gasteiger partial charge in [0.1, 0.15) is 17.3 Å². The molecule has 2 N–H and O–H groups in total. The SMILES string of the molecule is [C-]#[N+]c1cc(-c2cc(F)cc(C(C)C)c2NC(=O)NS(=O)(=O)C2CN(C3CCC3)C2)ccn1. The Morgan fingerprint density at radius 3 is 2.61 bits per heavy atom. The fourth-order valence-corrected chi connectivity index (χ4v) is 5.42. The van der Waals surface area contributed by atoms with Gasteiger partial charge >= 0.3 is 6.03 Å². The number of nitrogens with one attached hydrogen (secondary N) is 2. The van der Waals surface area contributed by atoms with Gasteiger partial charge in [-0.15, -0.1) is 4.98 Å². The number of urea groups is 1. The number of likely N-dealkylation sites (tertiary alicyclic amines) is 1. The fourth-order valence-electron chi connectivity index (χ4n) is 4.17. The van der Waals surface area contributed by atoms with Crippen LogP contribution in [0.1, 0.15) is 44.6 Å². The lowest BCUT2D eigenvalue weighted by molar-refractivity contribution is 0.0704. The Bertz CT molecular complexity index is 1220. The Morgan fingerprint density at radius 2 is 2.00 bits per heavy atom. The largest absolute Gasteiger partial charge is 0.361 e. The van der Waals surface area contributed by atoms with Gasteiger partial charge in [0.2, 0.25) is 10.0 Å². The lowest BCUT2D eigenvalue weighted by atomic mass is 9.89. The first kappa shape index (κ1) is 23.1. The van der Waals surface area contributed by atoms with Gasteiger partial charge in [0.15, 0.2) is 0 Å². The first-order valence-corrected chi connectivity index (χ1v) is 12.5. The first-order valence-electron chi connectivity index (χ1n) is 10.9. The van der Waals surface area contributed by atoms with E-state index in [0.717, 1.165) is 12.8 Å². The number of carbonyl (C=O) groups excluding carboxylic acids is 1. The molecule has 0 spiro atoms. The number of nitrogens with zero attached hydrogens (tertiary/aromatic N) is 3. The van der Waals surface area contributed by atoms with Gasteiger partial charge < -0.3 is 10.2 Å². The molecule has 0 atom stereocenters. The molecule has 2 aromatic rings. The normalized spacial score (nSPS) is 17.2. The zero-order chi connectivity index (χ0) is 23.8. The van der Waals surface area contributed by atoms with E-state index in [1.54, 1.807) is 6.07 Å². The van der Waals surface area contributed by atoms with E-state index in [-0.39, 0.29) is 11.7 Å². The monoisotopic (exact) mass is 471 g/mol. The Labute approximate surface area is 193 Å². The summed E-state index contributed by atoms with van der Waals surface area (Å²) < 4.78 is 42.0. The average Bonchev–Trinajstić information content (AvgIpc) is 2.69. The highest BCUT2D eigenvalue weighted by Gasteiger charge is 2.42. The number of anilines is 1. The fraction of sp³-hybridized carbons (Fsp3) is 0.435. The van der Waals surface area contributed by atoms with E-state index in [4.69, 9.17) is 6.57 Å². The van der Waals surface area contributed by atoms with Crippen LogP contribution in [0.5, 0.6) is 0 Å².